The standard InChI is InChI=1S/C10H6F2O4/c11-6-2-1-5(3-7(6)12)8(13)4-9(14)10(15)16/h1-4,13H,(H,15,16)/b8-4-. The van der Waals surface area contributed by atoms with Crippen LogP contribution in [-0.2, 0) is 9.59 Å². The molecule has 0 aromatic heterocycles. The number of carboxylic acids is 1. The van der Waals surface area contributed by atoms with Crippen LogP contribution in [0.1, 0.15) is 5.56 Å². The van der Waals surface area contributed by atoms with Crippen LogP contribution in [0.3, 0.4) is 0 Å². The molecule has 1 rings (SSSR count). The van der Waals surface area contributed by atoms with E-state index in [4.69, 9.17) is 5.11 Å². The van der Waals surface area contributed by atoms with Crippen molar-refractivity contribution in [2.24, 2.45) is 0 Å². The molecule has 0 fully saturated rings. The van der Waals surface area contributed by atoms with Crippen LogP contribution in [0.4, 0.5) is 8.78 Å². The number of ketones is 1. The van der Waals surface area contributed by atoms with Gasteiger partial charge in [-0.1, -0.05) is 0 Å². The van der Waals surface area contributed by atoms with Crippen molar-refractivity contribution in [2.45, 2.75) is 0 Å². The molecule has 0 saturated carbocycles. The Kier molecular flexibility index (Phi) is 3.34. The van der Waals surface area contributed by atoms with E-state index < -0.39 is 29.1 Å². The number of halogens is 2. The predicted octanol–water partition coefficient (Wildman–Crippen LogP) is 1.52. The lowest BCUT2D eigenvalue weighted by Gasteiger charge is -2.00. The molecular formula is C10H6F2O4. The number of aliphatic carboxylic acids is 1. The number of hydrogen-bond donors (Lipinski definition) is 2. The van der Waals surface area contributed by atoms with Crippen molar-refractivity contribution in [1.82, 2.24) is 0 Å². The minimum Gasteiger partial charge on any atom is -0.507 e. The number of aliphatic hydroxyl groups excluding tert-OH is 1. The first-order valence-corrected chi connectivity index (χ1v) is 4.05. The van der Waals surface area contributed by atoms with Crippen LogP contribution in [0.2, 0.25) is 0 Å². The van der Waals surface area contributed by atoms with Gasteiger partial charge >= 0.3 is 5.97 Å². The molecule has 0 aliphatic rings. The number of carboxylic acid groups (broad SMARTS) is 1. The second-order valence-corrected chi connectivity index (χ2v) is 2.83. The Labute approximate surface area is 88.4 Å². The van der Waals surface area contributed by atoms with E-state index >= 15 is 0 Å². The maximum absolute atomic E-state index is 12.7. The van der Waals surface area contributed by atoms with Crippen LogP contribution in [0.15, 0.2) is 24.3 Å². The minimum absolute atomic E-state index is 0.187. The highest BCUT2D eigenvalue weighted by Gasteiger charge is 2.11. The molecule has 2 N–H and O–H groups in total. The van der Waals surface area contributed by atoms with Gasteiger partial charge in [0, 0.05) is 11.6 Å². The first kappa shape index (κ1) is 11.8. The number of carbonyl (C=O) groups is 2. The number of hydrogen-bond acceptors (Lipinski definition) is 3. The molecule has 1 aromatic rings. The van der Waals surface area contributed by atoms with E-state index in [1.807, 2.05) is 0 Å². The van der Waals surface area contributed by atoms with Gasteiger partial charge in [-0.25, -0.2) is 13.6 Å². The lowest BCUT2D eigenvalue weighted by atomic mass is 10.1. The summed E-state index contributed by atoms with van der Waals surface area (Å²) in [6.07, 6.45) is 0.412. The fourth-order valence-electron chi connectivity index (χ4n) is 0.925. The maximum Gasteiger partial charge on any atom is 0.376 e. The van der Waals surface area contributed by atoms with E-state index in [1.54, 1.807) is 0 Å². The van der Waals surface area contributed by atoms with Crippen molar-refractivity contribution in [3.63, 3.8) is 0 Å². The second kappa shape index (κ2) is 4.52. The van der Waals surface area contributed by atoms with Crippen LogP contribution in [0.5, 0.6) is 0 Å². The van der Waals surface area contributed by atoms with E-state index in [0.29, 0.717) is 12.1 Å². The average Bonchev–Trinajstić information content (AvgIpc) is 2.21. The molecule has 0 unspecified atom stereocenters. The van der Waals surface area contributed by atoms with Crippen molar-refractivity contribution >= 4 is 17.5 Å². The molecule has 6 heteroatoms. The first-order chi connectivity index (χ1) is 7.41. The molecule has 0 heterocycles. The third-order valence-electron chi connectivity index (χ3n) is 1.69. The van der Waals surface area contributed by atoms with Gasteiger partial charge in [0.1, 0.15) is 5.76 Å². The lowest BCUT2D eigenvalue weighted by Crippen LogP contribution is -2.09. The van der Waals surface area contributed by atoms with E-state index in [2.05, 4.69) is 0 Å². The molecule has 0 aliphatic heterocycles. The van der Waals surface area contributed by atoms with E-state index in [-0.39, 0.29) is 5.56 Å². The number of rotatable bonds is 3. The van der Waals surface area contributed by atoms with Crippen molar-refractivity contribution in [2.75, 3.05) is 0 Å². The quantitative estimate of drug-likeness (QED) is 0.467. The Morgan fingerprint density at radius 1 is 1.12 bits per heavy atom. The first-order valence-electron chi connectivity index (χ1n) is 4.05. The third-order valence-corrected chi connectivity index (χ3v) is 1.69. The summed E-state index contributed by atoms with van der Waals surface area (Å²) in [5.74, 6) is -6.18. The summed E-state index contributed by atoms with van der Waals surface area (Å²) in [5, 5.41) is 17.5. The smallest absolute Gasteiger partial charge is 0.376 e. The van der Waals surface area contributed by atoms with Gasteiger partial charge in [-0.15, -0.1) is 0 Å². The average molecular weight is 228 g/mol. The van der Waals surface area contributed by atoms with Gasteiger partial charge in [0.15, 0.2) is 11.6 Å². The van der Waals surface area contributed by atoms with Crippen molar-refractivity contribution in [3.8, 4) is 0 Å². The molecule has 0 amide bonds. The zero-order valence-electron chi connectivity index (χ0n) is 7.78. The monoisotopic (exact) mass is 228 g/mol. The molecule has 0 spiro atoms. The summed E-state index contributed by atoms with van der Waals surface area (Å²) in [6, 6.07) is 2.41. The molecule has 16 heavy (non-hydrogen) atoms. The van der Waals surface area contributed by atoms with E-state index in [0.717, 1.165) is 12.1 Å². The van der Waals surface area contributed by atoms with Crippen molar-refractivity contribution in [1.29, 1.82) is 0 Å². The topological polar surface area (TPSA) is 74.6 Å². The Bertz CT molecular complexity index is 480. The van der Waals surface area contributed by atoms with Gasteiger partial charge in [-0.2, -0.15) is 0 Å². The predicted molar refractivity (Wildman–Crippen MR) is 49.6 cm³/mol. The second-order valence-electron chi connectivity index (χ2n) is 2.83. The minimum atomic E-state index is -1.76. The van der Waals surface area contributed by atoms with Gasteiger partial charge in [0.2, 0.25) is 0 Å². The van der Waals surface area contributed by atoms with E-state index in [9.17, 15) is 23.5 Å². The van der Waals surface area contributed by atoms with Crippen LogP contribution >= 0.6 is 0 Å². The largest absolute Gasteiger partial charge is 0.507 e. The lowest BCUT2D eigenvalue weighted by molar-refractivity contribution is -0.146. The molecule has 84 valence electrons. The zero-order chi connectivity index (χ0) is 12.3. The number of benzene rings is 1. The van der Waals surface area contributed by atoms with Gasteiger partial charge in [0.05, 0.1) is 0 Å². The van der Waals surface area contributed by atoms with Gasteiger partial charge in [-0.3, -0.25) is 4.79 Å². The number of carbonyl (C=O) groups excluding carboxylic acids is 1. The number of aliphatic hydroxyl groups is 1. The SMILES string of the molecule is O=C(O)C(=O)/C=C(\O)c1ccc(F)c(F)c1. The Hall–Kier alpha value is -2.24. The molecule has 0 atom stereocenters. The fourth-order valence-corrected chi connectivity index (χ4v) is 0.925. The summed E-state index contributed by atoms with van der Waals surface area (Å²) < 4.78 is 25.2. The van der Waals surface area contributed by atoms with Gasteiger partial charge in [0.25, 0.3) is 5.78 Å². The molecular weight excluding hydrogens is 222 g/mol. The summed E-state index contributed by atoms with van der Waals surface area (Å²) in [5.41, 5.74) is -0.187. The summed E-state index contributed by atoms with van der Waals surface area (Å²) in [6.45, 7) is 0. The van der Waals surface area contributed by atoms with Crippen LogP contribution in [-0.4, -0.2) is 22.0 Å². The van der Waals surface area contributed by atoms with Crippen molar-refractivity contribution in [3.05, 3.63) is 41.5 Å². The zero-order valence-corrected chi connectivity index (χ0v) is 7.78. The highest BCUT2D eigenvalue weighted by Crippen LogP contribution is 2.15. The summed E-state index contributed by atoms with van der Waals surface area (Å²) >= 11 is 0. The molecule has 4 nitrogen and oxygen atoms in total. The molecule has 1 aromatic carbocycles. The van der Waals surface area contributed by atoms with Crippen LogP contribution in [0.25, 0.3) is 5.76 Å². The Balaban J connectivity index is 3.05. The molecule has 0 aliphatic carbocycles. The summed E-state index contributed by atoms with van der Waals surface area (Å²) in [7, 11) is 0. The molecule has 0 bridgehead atoms. The van der Waals surface area contributed by atoms with E-state index in [1.165, 1.54) is 0 Å². The van der Waals surface area contributed by atoms with Gasteiger partial charge in [-0.05, 0) is 18.2 Å². The van der Waals surface area contributed by atoms with Crippen LogP contribution < -0.4 is 0 Å². The Morgan fingerprint density at radius 2 is 1.75 bits per heavy atom. The molecule has 0 radical (unpaired) electrons. The maximum atomic E-state index is 12.7. The van der Waals surface area contributed by atoms with Gasteiger partial charge < -0.3 is 10.2 Å². The fraction of sp³-hybridized carbons (Fsp3) is 0. The van der Waals surface area contributed by atoms with Crippen molar-refractivity contribution < 1.29 is 28.6 Å². The highest BCUT2D eigenvalue weighted by atomic mass is 19.2. The normalized spacial score (nSPS) is 11.2. The van der Waals surface area contributed by atoms with Crippen LogP contribution in [0, 0.1) is 11.6 Å². The third kappa shape index (κ3) is 2.63. The molecule has 0 saturated heterocycles. The Morgan fingerprint density at radius 3 is 2.25 bits per heavy atom. The highest BCUT2D eigenvalue weighted by molar-refractivity contribution is 6.38. The summed E-state index contributed by atoms with van der Waals surface area (Å²) in [4.78, 5) is 20.8.